The Morgan fingerprint density at radius 1 is 0.971 bits per heavy atom. The first-order valence-electron chi connectivity index (χ1n) is 10.0. The van der Waals surface area contributed by atoms with E-state index in [1.54, 1.807) is 18.2 Å². The van der Waals surface area contributed by atoms with Crippen LogP contribution in [-0.4, -0.2) is 14.5 Å². The zero-order chi connectivity index (χ0) is 24.0. The van der Waals surface area contributed by atoms with Gasteiger partial charge in [-0.05, 0) is 42.0 Å². The first-order chi connectivity index (χ1) is 16.2. The van der Waals surface area contributed by atoms with E-state index in [0.717, 1.165) is 23.1 Å². The minimum atomic E-state index is -4.55. The standard InChI is InChI=1S/C24H14Cl2F3N3OS/c25-17-9-8-13(10-18(17)26)12-34-23-31-20-16-6-1-2-7-19(16)30-21(20)22(33)32(23)15-5-3-4-14(11-15)24(27,28)29/h1-11,30H,12H2. The van der Waals surface area contributed by atoms with Crippen molar-refractivity contribution in [3.05, 3.63) is 98.3 Å². The average molecular weight is 520 g/mol. The van der Waals surface area contributed by atoms with Crippen LogP contribution in [0.25, 0.3) is 27.6 Å². The van der Waals surface area contributed by atoms with E-state index in [1.807, 2.05) is 24.3 Å². The molecule has 0 aliphatic heterocycles. The molecule has 2 aromatic heterocycles. The van der Waals surface area contributed by atoms with Crippen molar-refractivity contribution in [2.45, 2.75) is 17.1 Å². The van der Waals surface area contributed by atoms with E-state index >= 15 is 0 Å². The van der Waals surface area contributed by atoms with Crippen LogP contribution >= 0.6 is 35.0 Å². The SMILES string of the molecule is O=c1c2[nH]c3ccccc3c2nc(SCc2ccc(Cl)c(Cl)c2)n1-c1cccc(C(F)(F)F)c1. The van der Waals surface area contributed by atoms with E-state index in [-0.39, 0.29) is 16.4 Å². The highest BCUT2D eigenvalue weighted by molar-refractivity contribution is 7.98. The summed E-state index contributed by atoms with van der Waals surface area (Å²) in [6, 6.07) is 17.1. The molecule has 3 aromatic carbocycles. The smallest absolute Gasteiger partial charge is 0.349 e. The fourth-order valence-corrected chi connectivity index (χ4v) is 4.93. The maximum Gasteiger partial charge on any atom is 0.416 e. The Hall–Kier alpha value is -2.94. The molecule has 0 aliphatic carbocycles. The van der Waals surface area contributed by atoms with Gasteiger partial charge in [0.05, 0.1) is 21.3 Å². The molecule has 1 N–H and O–H groups in total. The lowest BCUT2D eigenvalue weighted by Crippen LogP contribution is -2.22. The van der Waals surface area contributed by atoms with Gasteiger partial charge in [0, 0.05) is 16.7 Å². The number of benzene rings is 3. The number of rotatable bonds is 4. The lowest BCUT2D eigenvalue weighted by atomic mass is 10.2. The molecule has 5 aromatic rings. The predicted molar refractivity (Wildman–Crippen MR) is 130 cm³/mol. The first kappa shape index (κ1) is 22.8. The predicted octanol–water partition coefficient (Wildman–Crippen LogP) is 7.48. The number of hydrogen-bond acceptors (Lipinski definition) is 3. The molecule has 34 heavy (non-hydrogen) atoms. The summed E-state index contributed by atoms with van der Waals surface area (Å²) < 4.78 is 41.3. The van der Waals surface area contributed by atoms with Crippen molar-refractivity contribution in [3.8, 4) is 5.69 Å². The van der Waals surface area contributed by atoms with Crippen molar-refractivity contribution in [1.82, 2.24) is 14.5 Å². The summed E-state index contributed by atoms with van der Waals surface area (Å²) in [5.74, 6) is 0.371. The Bertz CT molecular complexity index is 1610. The molecule has 0 aliphatic rings. The summed E-state index contributed by atoms with van der Waals surface area (Å²) in [4.78, 5) is 21.3. The van der Waals surface area contributed by atoms with Gasteiger partial charge in [-0.25, -0.2) is 4.98 Å². The van der Waals surface area contributed by atoms with E-state index < -0.39 is 17.3 Å². The van der Waals surface area contributed by atoms with Gasteiger partial charge in [0.1, 0.15) is 11.0 Å². The van der Waals surface area contributed by atoms with Gasteiger partial charge in [-0.3, -0.25) is 9.36 Å². The first-order valence-corrected chi connectivity index (χ1v) is 11.7. The summed E-state index contributed by atoms with van der Waals surface area (Å²) in [7, 11) is 0. The van der Waals surface area contributed by atoms with Crippen molar-refractivity contribution in [2.75, 3.05) is 0 Å². The molecule has 0 radical (unpaired) electrons. The molecule has 0 spiro atoms. The van der Waals surface area contributed by atoms with Gasteiger partial charge < -0.3 is 4.98 Å². The third kappa shape index (κ3) is 4.17. The number of thioether (sulfide) groups is 1. The molecule has 10 heteroatoms. The lowest BCUT2D eigenvalue weighted by Gasteiger charge is -2.14. The highest BCUT2D eigenvalue weighted by atomic mass is 35.5. The number of para-hydroxylation sites is 1. The summed E-state index contributed by atoms with van der Waals surface area (Å²) in [5, 5.41) is 1.81. The quantitative estimate of drug-likeness (QED) is 0.197. The second-order valence-corrected chi connectivity index (χ2v) is 9.27. The Morgan fingerprint density at radius 3 is 2.53 bits per heavy atom. The maximum absolute atomic E-state index is 13.5. The average Bonchev–Trinajstić information content (AvgIpc) is 3.18. The van der Waals surface area contributed by atoms with Gasteiger partial charge in [0.2, 0.25) is 0 Å². The topological polar surface area (TPSA) is 50.7 Å². The number of nitrogens with zero attached hydrogens (tertiary/aromatic N) is 2. The number of H-pyrrole nitrogens is 1. The second kappa shape index (κ2) is 8.69. The molecule has 0 unspecified atom stereocenters. The van der Waals surface area contributed by atoms with Crippen LogP contribution in [0.1, 0.15) is 11.1 Å². The number of halogens is 5. The molecule has 0 saturated carbocycles. The monoisotopic (exact) mass is 519 g/mol. The van der Waals surface area contributed by atoms with Crippen LogP contribution in [0.2, 0.25) is 10.0 Å². The molecule has 2 heterocycles. The summed E-state index contributed by atoms with van der Waals surface area (Å²) in [5.41, 5.74) is 0.946. The van der Waals surface area contributed by atoms with Gasteiger partial charge >= 0.3 is 6.18 Å². The van der Waals surface area contributed by atoms with E-state index in [4.69, 9.17) is 28.2 Å². The molecule has 0 fully saturated rings. The van der Waals surface area contributed by atoms with Gasteiger partial charge in [-0.2, -0.15) is 13.2 Å². The van der Waals surface area contributed by atoms with Crippen LogP contribution in [0.4, 0.5) is 13.2 Å². The number of nitrogens with one attached hydrogen (secondary N) is 1. The van der Waals surface area contributed by atoms with E-state index in [9.17, 15) is 18.0 Å². The van der Waals surface area contributed by atoms with Crippen LogP contribution in [0.15, 0.2) is 76.7 Å². The third-order valence-corrected chi connectivity index (χ3v) is 7.03. The molecule has 4 nitrogen and oxygen atoms in total. The van der Waals surface area contributed by atoms with Gasteiger partial charge in [0.25, 0.3) is 5.56 Å². The minimum absolute atomic E-state index is 0.0736. The van der Waals surface area contributed by atoms with Gasteiger partial charge in [-0.1, -0.05) is 65.3 Å². The molecule has 0 atom stereocenters. The van der Waals surface area contributed by atoms with E-state index in [1.165, 1.54) is 28.5 Å². The molecule has 0 saturated heterocycles. The van der Waals surface area contributed by atoms with Crippen molar-refractivity contribution in [1.29, 1.82) is 0 Å². The summed E-state index contributed by atoms with van der Waals surface area (Å²) in [6.07, 6.45) is -4.55. The van der Waals surface area contributed by atoms with Crippen molar-refractivity contribution < 1.29 is 13.2 Å². The highest BCUT2D eigenvalue weighted by Crippen LogP contribution is 2.33. The number of fused-ring (bicyclic) bond motifs is 3. The van der Waals surface area contributed by atoms with Crippen LogP contribution < -0.4 is 5.56 Å². The molecule has 5 rings (SSSR count). The normalized spacial score (nSPS) is 12.0. The fraction of sp³-hybridized carbons (Fsp3) is 0.0833. The number of hydrogen-bond donors (Lipinski definition) is 1. The van der Waals surface area contributed by atoms with Gasteiger partial charge in [0.15, 0.2) is 5.16 Å². The highest BCUT2D eigenvalue weighted by Gasteiger charge is 2.31. The minimum Gasteiger partial charge on any atom is -0.349 e. The van der Waals surface area contributed by atoms with Crippen LogP contribution in [0.5, 0.6) is 0 Å². The van der Waals surface area contributed by atoms with E-state index in [2.05, 4.69) is 4.98 Å². The second-order valence-electron chi connectivity index (χ2n) is 7.51. The zero-order valence-electron chi connectivity index (χ0n) is 17.2. The van der Waals surface area contributed by atoms with Gasteiger partial charge in [-0.15, -0.1) is 0 Å². The van der Waals surface area contributed by atoms with Crippen molar-refractivity contribution >= 4 is 56.9 Å². The number of aromatic amines is 1. The molecular weight excluding hydrogens is 506 g/mol. The Balaban J connectivity index is 1.70. The van der Waals surface area contributed by atoms with Crippen LogP contribution in [-0.2, 0) is 11.9 Å². The van der Waals surface area contributed by atoms with Crippen LogP contribution in [0, 0.1) is 0 Å². The Labute approximate surface area is 205 Å². The number of alkyl halides is 3. The molecule has 172 valence electrons. The third-order valence-electron chi connectivity index (χ3n) is 5.28. The molecule has 0 bridgehead atoms. The maximum atomic E-state index is 13.5. The van der Waals surface area contributed by atoms with Crippen molar-refractivity contribution in [3.63, 3.8) is 0 Å². The van der Waals surface area contributed by atoms with Crippen LogP contribution in [0.3, 0.4) is 0 Å². The Morgan fingerprint density at radius 2 is 1.76 bits per heavy atom. The summed E-state index contributed by atoms with van der Waals surface area (Å²) in [6.45, 7) is 0. The zero-order valence-corrected chi connectivity index (χ0v) is 19.5. The lowest BCUT2D eigenvalue weighted by molar-refractivity contribution is -0.137. The summed E-state index contributed by atoms with van der Waals surface area (Å²) >= 11 is 13.3. The number of aromatic nitrogens is 3. The molecular formula is C24H14Cl2F3N3OS. The van der Waals surface area contributed by atoms with E-state index in [0.29, 0.717) is 26.8 Å². The molecule has 0 amide bonds. The fourth-order valence-electron chi connectivity index (χ4n) is 3.67. The van der Waals surface area contributed by atoms with Crippen molar-refractivity contribution in [2.24, 2.45) is 0 Å². The Kier molecular flexibility index (Phi) is 5.83. The largest absolute Gasteiger partial charge is 0.416 e.